The van der Waals surface area contributed by atoms with E-state index in [0.717, 1.165) is 24.1 Å². The second-order valence-electron chi connectivity index (χ2n) is 4.47. The van der Waals surface area contributed by atoms with E-state index >= 15 is 0 Å². The maximum absolute atomic E-state index is 8.77. The van der Waals surface area contributed by atoms with Gasteiger partial charge in [0.25, 0.3) is 0 Å². The van der Waals surface area contributed by atoms with Crippen molar-refractivity contribution in [2.24, 2.45) is 10.6 Å². The van der Waals surface area contributed by atoms with E-state index < -0.39 is 0 Å². The zero-order valence-corrected chi connectivity index (χ0v) is 8.31. The maximum atomic E-state index is 8.77. The molecule has 1 aliphatic rings. The summed E-state index contributed by atoms with van der Waals surface area (Å²) in [7, 11) is 0. The van der Waals surface area contributed by atoms with Gasteiger partial charge < -0.3 is 5.21 Å². The highest BCUT2D eigenvalue weighted by atomic mass is 16.4. The minimum Gasteiger partial charge on any atom is -0.411 e. The van der Waals surface area contributed by atoms with Gasteiger partial charge in [0.15, 0.2) is 0 Å². The van der Waals surface area contributed by atoms with E-state index in [-0.39, 0.29) is 5.41 Å². The van der Waals surface area contributed by atoms with Crippen LogP contribution in [0, 0.1) is 5.41 Å². The van der Waals surface area contributed by atoms with E-state index in [0.29, 0.717) is 0 Å². The molecule has 0 unspecified atom stereocenters. The van der Waals surface area contributed by atoms with Crippen LogP contribution in [0.4, 0.5) is 0 Å². The van der Waals surface area contributed by atoms with Crippen molar-refractivity contribution in [3.05, 3.63) is 11.1 Å². The van der Waals surface area contributed by atoms with E-state index in [1.54, 1.807) is 0 Å². The highest BCUT2D eigenvalue weighted by Crippen LogP contribution is 2.36. The van der Waals surface area contributed by atoms with Crippen molar-refractivity contribution in [3.63, 3.8) is 0 Å². The predicted octanol–water partition coefficient (Wildman–Crippen LogP) is 2.97. The van der Waals surface area contributed by atoms with Gasteiger partial charge >= 0.3 is 0 Å². The van der Waals surface area contributed by atoms with Gasteiger partial charge in [-0.3, -0.25) is 0 Å². The Balaban J connectivity index is 3.02. The molecule has 1 N–H and O–H groups in total. The molecular formula is C10H17NO. The van der Waals surface area contributed by atoms with Crippen molar-refractivity contribution in [2.75, 3.05) is 0 Å². The Hall–Kier alpha value is -0.790. The molecular weight excluding hydrogens is 150 g/mol. The monoisotopic (exact) mass is 167 g/mol. The third-order valence-electron chi connectivity index (χ3n) is 2.58. The van der Waals surface area contributed by atoms with Gasteiger partial charge in [-0.05, 0) is 37.7 Å². The summed E-state index contributed by atoms with van der Waals surface area (Å²) >= 11 is 0. The molecule has 0 fully saturated rings. The molecule has 0 aliphatic heterocycles. The van der Waals surface area contributed by atoms with Gasteiger partial charge in [0.05, 0.1) is 5.71 Å². The lowest BCUT2D eigenvalue weighted by molar-refractivity contribution is 0.306. The van der Waals surface area contributed by atoms with E-state index in [9.17, 15) is 0 Å². The molecule has 12 heavy (non-hydrogen) atoms. The third-order valence-corrected chi connectivity index (χ3v) is 2.58. The molecule has 0 saturated heterocycles. The Labute approximate surface area is 74.0 Å². The van der Waals surface area contributed by atoms with Crippen molar-refractivity contribution in [1.82, 2.24) is 0 Å². The number of nitrogens with zero attached hydrogens (tertiary/aromatic N) is 1. The van der Waals surface area contributed by atoms with Crippen molar-refractivity contribution < 1.29 is 5.21 Å². The van der Waals surface area contributed by atoms with Crippen LogP contribution in [0.2, 0.25) is 0 Å². The summed E-state index contributed by atoms with van der Waals surface area (Å²) in [6.45, 7) is 8.54. The number of allylic oxidation sites excluding steroid dienone is 2. The first-order valence-electron chi connectivity index (χ1n) is 4.34. The summed E-state index contributed by atoms with van der Waals surface area (Å²) in [5, 5.41) is 12.1. The fraction of sp³-hybridized carbons (Fsp3) is 0.700. The van der Waals surface area contributed by atoms with Crippen LogP contribution in [0.15, 0.2) is 16.3 Å². The first-order chi connectivity index (χ1) is 5.46. The lowest BCUT2D eigenvalue weighted by Crippen LogP contribution is -2.24. The van der Waals surface area contributed by atoms with Crippen molar-refractivity contribution >= 4 is 5.71 Å². The summed E-state index contributed by atoms with van der Waals surface area (Å²) in [5.41, 5.74) is 3.62. The van der Waals surface area contributed by atoms with E-state index in [1.807, 2.05) is 6.92 Å². The zero-order chi connectivity index (χ0) is 9.35. The summed E-state index contributed by atoms with van der Waals surface area (Å²) < 4.78 is 0. The van der Waals surface area contributed by atoms with E-state index in [2.05, 4.69) is 25.9 Å². The molecule has 0 heterocycles. The molecule has 0 atom stereocenters. The van der Waals surface area contributed by atoms with Crippen LogP contribution in [0.1, 0.15) is 40.5 Å². The molecule has 2 nitrogen and oxygen atoms in total. The molecule has 0 aromatic carbocycles. The Morgan fingerprint density at radius 1 is 1.25 bits per heavy atom. The number of hydrogen-bond acceptors (Lipinski definition) is 2. The maximum Gasteiger partial charge on any atom is 0.0829 e. The van der Waals surface area contributed by atoms with E-state index in [1.165, 1.54) is 5.57 Å². The molecule has 0 radical (unpaired) electrons. The second kappa shape index (κ2) is 2.92. The Morgan fingerprint density at radius 2 is 1.83 bits per heavy atom. The van der Waals surface area contributed by atoms with E-state index in [4.69, 9.17) is 5.21 Å². The average Bonchev–Trinajstić information content (AvgIpc) is 1.96. The van der Waals surface area contributed by atoms with Crippen molar-refractivity contribution in [3.8, 4) is 0 Å². The predicted molar refractivity (Wildman–Crippen MR) is 50.6 cm³/mol. The van der Waals surface area contributed by atoms with Crippen molar-refractivity contribution in [2.45, 2.75) is 40.5 Å². The van der Waals surface area contributed by atoms with Crippen LogP contribution < -0.4 is 0 Å². The van der Waals surface area contributed by atoms with Gasteiger partial charge in [-0.15, -0.1) is 0 Å². The molecule has 1 rings (SSSR count). The van der Waals surface area contributed by atoms with Gasteiger partial charge in [0.1, 0.15) is 0 Å². The van der Waals surface area contributed by atoms with Crippen LogP contribution >= 0.6 is 0 Å². The van der Waals surface area contributed by atoms with Gasteiger partial charge in [0.2, 0.25) is 0 Å². The average molecular weight is 167 g/mol. The summed E-state index contributed by atoms with van der Waals surface area (Å²) in [6, 6.07) is 0. The topological polar surface area (TPSA) is 32.6 Å². The van der Waals surface area contributed by atoms with Gasteiger partial charge in [-0.2, -0.15) is 0 Å². The largest absolute Gasteiger partial charge is 0.411 e. The first-order valence-corrected chi connectivity index (χ1v) is 4.34. The number of hydrogen-bond donors (Lipinski definition) is 1. The van der Waals surface area contributed by atoms with Crippen LogP contribution in [-0.4, -0.2) is 10.9 Å². The molecule has 0 bridgehead atoms. The number of rotatable bonds is 0. The standard InChI is InChI=1S/C10H17NO/c1-7-5-10(3,4)6-9(11-12)8(7)2/h12H,5-6H2,1-4H3/b11-9-. The fourth-order valence-corrected chi connectivity index (χ4v) is 1.86. The molecule has 0 spiro atoms. The molecule has 1 aliphatic carbocycles. The highest BCUT2D eigenvalue weighted by molar-refractivity contribution is 6.01. The quantitative estimate of drug-likeness (QED) is 0.436. The third kappa shape index (κ3) is 1.68. The van der Waals surface area contributed by atoms with Gasteiger partial charge in [0, 0.05) is 0 Å². The molecule has 68 valence electrons. The van der Waals surface area contributed by atoms with Crippen LogP contribution in [-0.2, 0) is 0 Å². The molecule has 0 aromatic rings. The number of oxime groups is 1. The first kappa shape index (κ1) is 9.30. The summed E-state index contributed by atoms with van der Waals surface area (Å²) in [4.78, 5) is 0. The van der Waals surface area contributed by atoms with Gasteiger partial charge in [-0.25, -0.2) is 0 Å². The zero-order valence-electron chi connectivity index (χ0n) is 8.31. The lowest BCUT2D eigenvalue weighted by atomic mass is 9.74. The highest BCUT2D eigenvalue weighted by Gasteiger charge is 2.27. The minimum absolute atomic E-state index is 0.255. The molecule has 0 amide bonds. The van der Waals surface area contributed by atoms with Crippen LogP contribution in [0.5, 0.6) is 0 Å². The second-order valence-corrected chi connectivity index (χ2v) is 4.47. The lowest BCUT2D eigenvalue weighted by Gasteiger charge is -2.31. The van der Waals surface area contributed by atoms with Crippen LogP contribution in [0.25, 0.3) is 0 Å². The fourth-order valence-electron chi connectivity index (χ4n) is 1.86. The van der Waals surface area contributed by atoms with Gasteiger partial charge in [-0.1, -0.05) is 24.6 Å². The van der Waals surface area contributed by atoms with Crippen molar-refractivity contribution in [1.29, 1.82) is 0 Å². The summed E-state index contributed by atoms with van der Waals surface area (Å²) in [5.74, 6) is 0. The smallest absolute Gasteiger partial charge is 0.0829 e. The molecule has 0 saturated carbocycles. The minimum atomic E-state index is 0.255. The normalized spacial score (nSPS) is 26.5. The molecule has 2 heteroatoms. The van der Waals surface area contributed by atoms with Crippen LogP contribution in [0.3, 0.4) is 0 Å². The Kier molecular flexibility index (Phi) is 2.27. The summed E-state index contributed by atoms with van der Waals surface area (Å²) in [6.07, 6.45) is 1.99. The Morgan fingerprint density at radius 3 is 2.33 bits per heavy atom. The molecule has 0 aromatic heterocycles. The SMILES string of the molecule is CC1=C(C)/C(=N\O)CC(C)(C)C1. The Bertz CT molecular complexity index is 249.